The van der Waals surface area contributed by atoms with E-state index < -0.39 is 5.97 Å². The maximum Gasteiger partial charge on any atom is 0.0666 e. The molecule has 0 radical (unpaired) electrons. The van der Waals surface area contributed by atoms with E-state index in [4.69, 9.17) is 11.6 Å². The highest BCUT2D eigenvalue weighted by atomic mass is 35.5. The lowest BCUT2D eigenvalue weighted by Crippen LogP contribution is -2.22. The zero-order valence-corrected chi connectivity index (χ0v) is 11.4. The molecule has 0 N–H and O–H groups in total. The van der Waals surface area contributed by atoms with Crippen molar-refractivity contribution in [3.8, 4) is 10.4 Å². The van der Waals surface area contributed by atoms with Crippen molar-refractivity contribution in [2.75, 3.05) is 0 Å². The molecule has 0 saturated heterocycles. The van der Waals surface area contributed by atoms with E-state index in [9.17, 15) is 9.90 Å². The second-order valence-electron chi connectivity index (χ2n) is 3.55. The van der Waals surface area contributed by atoms with E-state index in [-0.39, 0.29) is 5.57 Å². The second-order valence-corrected chi connectivity index (χ2v) is 4.94. The quantitative estimate of drug-likeness (QED) is 0.791. The number of carboxylic acid groups (broad SMARTS) is 1. The highest BCUT2D eigenvalue weighted by molar-refractivity contribution is 7.13. The number of carboxylic acids is 1. The van der Waals surface area contributed by atoms with Gasteiger partial charge in [-0.25, -0.2) is 0 Å². The smallest absolute Gasteiger partial charge is 0.0666 e. The normalized spacial score (nSPS) is 9.22. The molecular formula is C14H12ClO2S-. The van der Waals surface area contributed by atoms with Gasteiger partial charge in [-0.2, -0.15) is 0 Å². The molecule has 2 aromatic rings. The third kappa shape index (κ3) is 4.73. The van der Waals surface area contributed by atoms with Crippen LogP contribution in [0.1, 0.15) is 6.92 Å². The predicted octanol–water partition coefficient (Wildman–Crippen LogP) is 3.38. The fourth-order valence-electron chi connectivity index (χ4n) is 1.06. The molecule has 0 aliphatic rings. The second kappa shape index (κ2) is 6.99. The summed E-state index contributed by atoms with van der Waals surface area (Å²) in [5.41, 5.74) is 1.30. The van der Waals surface area contributed by atoms with Gasteiger partial charge in [0.1, 0.15) is 0 Å². The Morgan fingerprint density at radius 3 is 2.22 bits per heavy atom. The SMILES string of the molecule is C=C(C)C(=O)[O-].Clc1ccc(-c2cccs2)cc1. The molecule has 2 nitrogen and oxygen atoms in total. The molecule has 94 valence electrons. The molecule has 2 rings (SSSR count). The summed E-state index contributed by atoms with van der Waals surface area (Å²) in [7, 11) is 0. The topological polar surface area (TPSA) is 40.1 Å². The monoisotopic (exact) mass is 279 g/mol. The zero-order chi connectivity index (χ0) is 13.5. The molecule has 0 unspecified atom stereocenters. The lowest BCUT2D eigenvalue weighted by molar-refractivity contribution is -0.299. The van der Waals surface area contributed by atoms with Gasteiger partial charge in [0.05, 0.1) is 5.97 Å². The summed E-state index contributed by atoms with van der Waals surface area (Å²) in [5.74, 6) is -1.19. The van der Waals surface area contributed by atoms with Crippen molar-refractivity contribution >= 4 is 28.9 Å². The van der Waals surface area contributed by atoms with Gasteiger partial charge in [0, 0.05) is 9.90 Å². The summed E-state index contributed by atoms with van der Waals surface area (Å²) in [6.45, 7) is 4.48. The van der Waals surface area contributed by atoms with Gasteiger partial charge in [0.25, 0.3) is 0 Å². The van der Waals surface area contributed by atoms with Gasteiger partial charge in [-0.3, -0.25) is 0 Å². The number of hydrogen-bond acceptors (Lipinski definition) is 3. The Hall–Kier alpha value is -1.58. The van der Waals surface area contributed by atoms with Crippen LogP contribution in [0.5, 0.6) is 0 Å². The minimum Gasteiger partial charge on any atom is -0.545 e. The van der Waals surface area contributed by atoms with Crippen molar-refractivity contribution in [2.24, 2.45) is 0 Å². The van der Waals surface area contributed by atoms with Crippen LogP contribution in [-0.4, -0.2) is 5.97 Å². The van der Waals surface area contributed by atoms with Gasteiger partial charge in [0.15, 0.2) is 0 Å². The minimum absolute atomic E-state index is 0.0648. The van der Waals surface area contributed by atoms with Gasteiger partial charge in [-0.05, 0) is 41.6 Å². The van der Waals surface area contributed by atoms with Crippen LogP contribution in [-0.2, 0) is 4.79 Å². The van der Waals surface area contributed by atoms with Crippen LogP contribution in [0.2, 0.25) is 5.02 Å². The average molecular weight is 280 g/mol. The summed E-state index contributed by atoms with van der Waals surface area (Å²) >= 11 is 7.52. The molecule has 0 amide bonds. The first-order valence-electron chi connectivity index (χ1n) is 5.17. The molecule has 1 heterocycles. The highest BCUT2D eigenvalue weighted by Crippen LogP contribution is 2.25. The molecule has 0 spiro atoms. The van der Waals surface area contributed by atoms with Crippen LogP contribution < -0.4 is 5.11 Å². The highest BCUT2D eigenvalue weighted by Gasteiger charge is 1.96. The Morgan fingerprint density at radius 1 is 1.28 bits per heavy atom. The number of carbonyl (C=O) groups is 1. The summed E-state index contributed by atoms with van der Waals surface area (Å²) in [5, 5.41) is 12.3. The molecule has 4 heteroatoms. The number of benzene rings is 1. The van der Waals surface area contributed by atoms with E-state index in [1.165, 1.54) is 17.4 Å². The first-order valence-corrected chi connectivity index (χ1v) is 6.42. The van der Waals surface area contributed by atoms with Crippen LogP contribution in [0.15, 0.2) is 53.9 Å². The predicted molar refractivity (Wildman–Crippen MR) is 74.6 cm³/mol. The Labute approximate surface area is 115 Å². The minimum atomic E-state index is -1.19. The Morgan fingerprint density at radius 2 is 1.83 bits per heavy atom. The average Bonchev–Trinajstić information content (AvgIpc) is 2.84. The van der Waals surface area contributed by atoms with E-state index in [2.05, 4.69) is 24.1 Å². The third-order valence-electron chi connectivity index (χ3n) is 2.00. The largest absolute Gasteiger partial charge is 0.545 e. The van der Waals surface area contributed by atoms with Gasteiger partial charge < -0.3 is 9.90 Å². The van der Waals surface area contributed by atoms with Crippen LogP contribution in [0.4, 0.5) is 0 Å². The summed E-state index contributed by atoms with van der Waals surface area (Å²) in [4.78, 5) is 10.8. The molecule has 0 atom stereocenters. The first kappa shape index (κ1) is 14.5. The lowest BCUT2D eigenvalue weighted by atomic mass is 10.2. The van der Waals surface area contributed by atoms with E-state index in [1.54, 1.807) is 11.3 Å². The number of thiophene rings is 1. The van der Waals surface area contributed by atoms with Crippen LogP contribution in [0.25, 0.3) is 10.4 Å². The first-order chi connectivity index (χ1) is 8.50. The van der Waals surface area contributed by atoms with E-state index in [0.717, 1.165) is 5.02 Å². The van der Waals surface area contributed by atoms with Crippen molar-refractivity contribution in [2.45, 2.75) is 6.92 Å². The Bertz CT molecular complexity index is 503. The van der Waals surface area contributed by atoms with Crippen LogP contribution in [0, 0.1) is 0 Å². The summed E-state index contributed by atoms with van der Waals surface area (Å²) in [6.07, 6.45) is 0. The fraction of sp³-hybridized carbons (Fsp3) is 0.0714. The Balaban J connectivity index is 0.000000232. The molecule has 0 fully saturated rings. The van der Waals surface area contributed by atoms with Gasteiger partial charge in [-0.1, -0.05) is 36.4 Å². The number of aliphatic carboxylic acids is 1. The van der Waals surface area contributed by atoms with E-state index in [1.807, 2.05) is 24.3 Å². The summed E-state index contributed by atoms with van der Waals surface area (Å²) < 4.78 is 0. The number of rotatable bonds is 2. The zero-order valence-electron chi connectivity index (χ0n) is 9.85. The third-order valence-corrected chi connectivity index (χ3v) is 3.17. The standard InChI is InChI=1S/C10H7ClS.C4H6O2/c11-9-5-3-8(4-6-9)10-2-1-7-12-10;1-3(2)4(5)6/h1-7H;1H2,2H3,(H,5,6)/p-1. The van der Waals surface area contributed by atoms with Crippen LogP contribution in [0.3, 0.4) is 0 Å². The van der Waals surface area contributed by atoms with Crippen molar-refractivity contribution in [1.82, 2.24) is 0 Å². The number of halogens is 1. The fourth-order valence-corrected chi connectivity index (χ4v) is 1.92. The molecule has 0 aliphatic carbocycles. The van der Waals surface area contributed by atoms with Crippen molar-refractivity contribution in [1.29, 1.82) is 0 Å². The molecule has 0 aliphatic heterocycles. The number of carbonyl (C=O) groups excluding carboxylic acids is 1. The molecular weight excluding hydrogens is 268 g/mol. The maximum atomic E-state index is 9.49. The Kier molecular flexibility index (Phi) is 5.62. The summed E-state index contributed by atoms with van der Waals surface area (Å²) in [6, 6.07) is 12.1. The van der Waals surface area contributed by atoms with Crippen molar-refractivity contribution < 1.29 is 9.90 Å². The van der Waals surface area contributed by atoms with E-state index in [0.29, 0.717) is 0 Å². The molecule has 1 aromatic heterocycles. The lowest BCUT2D eigenvalue weighted by Gasteiger charge is -1.95. The van der Waals surface area contributed by atoms with E-state index >= 15 is 0 Å². The molecule has 1 aromatic carbocycles. The van der Waals surface area contributed by atoms with Gasteiger partial charge >= 0.3 is 0 Å². The van der Waals surface area contributed by atoms with Gasteiger partial charge in [-0.15, -0.1) is 11.3 Å². The number of hydrogen-bond donors (Lipinski definition) is 0. The maximum absolute atomic E-state index is 9.49. The molecule has 0 saturated carbocycles. The molecule has 0 bridgehead atoms. The molecule has 18 heavy (non-hydrogen) atoms. The van der Waals surface area contributed by atoms with Crippen molar-refractivity contribution in [3.63, 3.8) is 0 Å². The van der Waals surface area contributed by atoms with Crippen LogP contribution >= 0.6 is 22.9 Å². The van der Waals surface area contributed by atoms with Crippen molar-refractivity contribution in [3.05, 3.63) is 59.0 Å². The van der Waals surface area contributed by atoms with Gasteiger partial charge in [0.2, 0.25) is 0 Å².